The minimum Gasteiger partial charge on any atom is -0.351 e. The number of pyridine rings is 1. The van der Waals surface area contributed by atoms with Crippen LogP contribution >= 0.6 is 0 Å². The molecule has 2 heterocycles. The zero-order valence-corrected chi connectivity index (χ0v) is 15.6. The Morgan fingerprint density at radius 1 is 1.30 bits per heavy atom. The van der Waals surface area contributed by atoms with Gasteiger partial charge in [-0.2, -0.15) is 0 Å². The first kappa shape index (κ1) is 18.7. The largest absolute Gasteiger partial charge is 0.351 e. The highest BCUT2D eigenvalue weighted by atomic mass is 19.1. The van der Waals surface area contributed by atoms with Gasteiger partial charge in [0.2, 0.25) is 0 Å². The maximum Gasteiger partial charge on any atom is 0.274 e. The SMILES string of the molecule is Cc1cc(-n2nnc(C(=O)NCCC(C)C)c2-c2cccnc2)ccc1F. The number of hydrogen-bond acceptors (Lipinski definition) is 4. The Morgan fingerprint density at radius 3 is 2.78 bits per heavy atom. The molecule has 0 unspecified atom stereocenters. The lowest BCUT2D eigenvalue weighted by Gasteiger charge is -2.10. The second-order valence-corrected chi connectivity index (χ2v) is 6.81. The van der Waals surface area contributed by atoms with E-state index < -0.39 is 0 Å². The van der Waals surface area contributed by atoms with Crippen molar-refractivity contribution in [2.75, 3.05) is 6.54 Å². The molecule has 6 nitrogen and oxygen atoms in total. The normalized spacial score (nSPS) is 11.0. The molecule has 0 aliphatic heterocycles. The van der Waals surface area contributed by atoms with E-state index >= 15 is 0 Å². The third kappa shape index (κ3) is 4.19. The van der Waals surface area contributed by atoms with Crippen LogP contribution in [0.25, 0.3) is 16.9 Å². The van der Waals surface area contributed by atoms with Crippen molar-refractivity contribution >= 4 is 5.91 Å². The topological polar surface area (TPSA) is 72.7 Å². The van der Waals surface area contributed by atoms with Crippen LogP contribution in [0.15, 0.2) is 42.7 Å². The van der Waals surface area contributed by atoms with Crippen LogP contribution in [0.4, 0.5) is 4.39 Å². The smallest absolute Gasteiger partial charge is 0.274 e. The Balaban J connectivity index is 2.03. The van der Waals surface area contributed by atoms with Gasteiger partial charge in [0, 0.05) is 24.5 Å². The van der Waals surface area contributed by atoms with Gasteiger partial charge in [0.25, 0.3) is 5.91 Å². The Bertz CT molecular complexity index is 937. The molecule has 0 aliphatic carbocycles. The van der Waals surface area contributed by atoms with Crippen LogP contribution in [0, 0.1) is 18.7 Å². The molecule has 0 bridgehead atoms. The van der Waals surface area contributed by atoms with Crippen LogP contribution in [0.2, 0.25) is 0 Å². The molecule has 3 aromatic rings. The van der Waals surface area contributed by atoms with Crippen molar-refractivity contribution < 1.29 is 9.18 Å². The number of rotatable bonds is 6. The fourth-order valence-corrected chi connectivity index (χ4v) is 2.70. The summed E-state index contributed by atoms with van der Waals surface area (Å²) in [6, 6.07) is 8.27. The first-order valence-corrected chi connectivity index (χ1v) is 8.88. The fourth-order valence-electron chi connectivity index (χ4n) is 2.70. The molecular formula is C20H22FN5O. The maximum atomic E-state index is 13.7. The number of amides is 1. The number of benzene rings is 1. The molecule has 2 aromatic heterocycles. The summed E-state index contributed by atoms with van der Waals surface area (Å²) in [6.07, 6.45) is 4.18. The maximum absolute atomic E-state index is 13.7. The monoisotopic (exact) mass is 367 g/mol. The van der Waals surface area contributed by atoms with Crippen LogP contribution in [0.3, 0.4) is 0 Å². The number of aryl methyl sites for hydroxylation is 1. The van der Waals surface area contributed by atoms with Crippen molar-refractivity contribution in [2.45, 2.75) is 27.2 Å². The third-order valence-corrected chi connectivity index (χ3v) is 4.21. The summed E-state index contributed by atoms with van der Waals surface area (Å²) in [6.45, 7) is 6.44. The molecule has 0 atom stereocenters. The van der Waals surface area contributed by atoms with Crippen molar-refractivity contribution in [1.82, 2.24) is 25.3 Å². The summed E-state index contributed by atoms with van der Waals surface area (Å²) in [5.74, 6) is -0.103. The average Bonchev–Trinajstić information content (AvgIpc) is 3.09. The molecular weight excluding hydrogens is 345 g/mol. The van der Waals surface area contributed by atoms with E-state index in [4.69, 9.17) is 0 Å². The summed E-state index contributed by atoms with van der Waals surface area (Å²) in [5.41, 5.74) is 2.56. The summed E-state index contributed by atoms with van der Waals surface area (Å²) < 4.78 is 15.2. The molecule has 140 valence electrons. The molecule has 1 aromatic carbocycles. The standard InChI is InChI=1S/C20H22FN5O/c1-13(2)8-10-23-20(27)18-19(15-5-4-9-22-12-15)26(25-24-18)16-6-7-17(21)14(3)11-16/h4-7,9,11-13H,8,10H2,1-3H3,(H,23,27). The van der Waals surface area contributed by atoms with Gasteiger partial charge in [-0.15, -0.1) is 5.10 Å². The summed E-state index contributed by atoms with van der Waals surface area (Å²) in [4.78, 5) is 16.8. The van der Waals surface area contributed by atoms with Crippen LogP contribution in [-0.4, -0.2) is 32.4 Å². The zero-order valence-electron chi connectivity index (χ0n) is 15.6. The van der Waals surface area contributed by atoms with Crippen LogP contribution in [0.5, 0.6) is 0 Å². The van der Waals surface area contributed by atoms with Gasteiger partial charge >= 0.3 is 0 Å². The molecule has 27 heavy (non-hydrogen) atoms. The number of nitrogens with one attached hydrogen (secondary N) is 1. The van der Waals surface area contributed by atoms with E-state index in [1.165, 1.54) is 6.07 Å². The lowest BCUT2D eigenvalue weighted by molar-refractivity contribution is 0.0947. The molecule has 3 rings (SSSR count). The summed E-state index contributed by atoms with van der Waals surface area (Å²) >= 11 is 0. The number of nitrogens with zero attached hydrogens (tertiary/aromatic N) is 4. The number of aromatic nitrogens is 4. The average molecular weight is 367 g/mol. The van der Waals surface area contributed by atoms with Gasteiger partial charge in [-0.05, 0) is 55.2 Å². The van der Waals surface area contributed by atoms with E-state index in [9.17, 15) is 9.18 Å². The number of halogens is 1. The van der Waals surface area contributed by atoms with Crippen LogP contribution in [0.1, 0.15) is 36.3 Å². The van der Waals surface area contributed by atoms with E-state index in [1.54, 1.807) is 42.2 Å². The predicted octanol–water partition coefficient (Wildman–Crippen LogP) is 3.55. The summed E-state index contributed by atoms with van der Waals surface area (Å²) in [7, 11) is 0. The Kier molecular flexibility index (Phi) is 5.59. The lowest BCUT2D eigenvalue weighted by atomic mass is 10.1. The van der Waals surface area contributed by atoms with Gasteiger partial charge in [-0.3, -0.25) is 9.78 Å². The highest BCUT2D eigenvalue weighted by molar-refractivity contribution is 5.98. The molecule has 0 aliphatic rings. The Labute approximate surface area is 157 Å². The zero-order chi connectivity index (χ0) is 19.4. The van der Waals surface area contributed by atoms with Gasteiger partial charge in [-0.25, -0.2) is 9.07 Å². The Hall–Kier alpha value is -3.09. The van der Waals surface area contributed by atoms with E-state index in [-0.39, 0.29) is 17.4 Å². The molecule has 0 saturated heterocycles. The van der Waals surface area contributed by atoms with E-state index in [0.717, 1.165) is 6.42 Å². The van der Waals surface area contributed by atoms with Crippen LogP contribution in [-0.2, 0) is 0 Å². The second kappa shape index (κ2) is 8.07. The Morgan fingerprint density at radius 2 is 2.11 bits per heavy atom. The van der Waals surface area contributed by atoms with E-state index in [0.29, 0.717) is 35.0 Å². The highest BCUT2D eigenvalue weighted by Gasteiger charge is 2.22. The van der Waals surface area contributed by atoms with Crippen molar-refractivity contribution in [3.8, 4) is 16.9 Å². The second-order valence-electron chi connectivity index (χ2n) is 6.81. The van der Waals surface area contributed by atoms with Crippen molar-refractivity contribution in [1.29, 1.82) is 0 Å². The molecule has 0 spiro atoms. The van der Waals surface area contributed by atoms with Gasteiger partial charge in [0.1, 0.15) is 11.5 Å². The molecule has 1 N–H and O–H groups in total. The van der Waals surface area contributed by atoms with Crippen LogP contribution < -0.4 is 5.32 Å². The van der Waals surface area contributed by atoms with Gasteiger partial charge < -0.3 is 5.32 Å². The van der Waals surface area contributed by atoms with Crippen molar-refractivity contribution in [2.24, 2.45) is 5.92 Å². The van der Waals surface area contributed by atoms with Gasteiger partial charge in [-0.1, -0.05) is 19.1 Å². The lowest BCUT2D eigenvalue weighted by Crippen LogP contribution is -2.26. The number of carbonyl (C=O) groups excluding carboxylic acids is 1. The minimum atomic E-state index is -0.298. The molecule has 7 heteroatoms. The number of hydrogen-bond donors (Lipinski definition) is 1. The number of carbonyl (C=O) groups is 1. The quantitative estimate of drug-likeness (QED) is 0.723. The third-order valence-electron chi connectivity index (χ3n) is 4.21. The first-order chi connectivity index (χ1) is 13.0. The minimum absolute atomic E-state index is 0.216. The highest BCUT2D eigenvalue weighted by Crippen LogP contribution is 2.25. The predicted molar refractivity (Wildman–Crippen MR) is 101 cm³/mol. The van der Waals surface area contributed by atoms with Gasteiger partial charge in [0.05, 0.1) is 5.69 Å². The van der Waals surface area contributed by atoms with Crippen molar-refractivity contribution in [3.05, 3.63) is 59.8 Å². The molecule has 0 saturated carbocycles. The summed E-state index contributed by atoms with van der Waals surface area (Å²) in [5, 5.41) is 11.1. The molecule has 0 fully saturated rings. The van der Waals surface area contributed by atoms with Crippen molar-refractivity contribution in [3.63, 3.8) is 0 Å². The van der Waals surface area contributed by atoms with Gasteiger partial charge in [0.15, 0.2) is 5.69 Å². The first-order valence-electron chi connectivity index (χ1n) is 8.88. The van der Waals surface area contributed by atoms with E-state index in [1.807, 2.05) is 6.07 Å². The fraction of sp³-hybridized carbons (Fsp3) is 0.300. The van der Waals surface area contributed by atoms with E-state index in [2.05, 4.69) is 34.5 Å². The molecule has 1 amide bonds. The molecule has 0 radical (unpaired) electrons.